The van der Waals surface area contributed by atoms with Gasteiger partial charge in [0.05, 0.1) is 0 Å². The molecule has 3 heteroatoms. The molecule has 0 radical (unpaired) electrons. The molecule has 0 aromatic carbocycles. The molecule has 3 nitrogen and oxygen atoms in total. The summed E-state index contributed by atoms with van der Waals surface area (Å²) in [7, 11) is 0. The maximum Gasteiger partial charge on any atom is 0.407 e. The van der Waals surface area contributed by atoms with Crippen molar-refractivity contribution in [1.29, 1.82) is 0 Å². The molecule has 0 saturated heterocycles. The van der Waals surface area contributed by atoms with Crippen molar-refractivity contribution >= 4 is 6.09 Å². The van der Waals surface area contributed by atoms with E-state index >= 15 is 0 Å². The van der Waals surface area contributed by atoms with E-state index in [0.29, 0.717) is 11.8 Å². The van der Waals surface area contributed by atoms with Crippen LogP contribution in [-0.2, 0) is 4.74 Å². The molecule has 16 heavy (non-hydrogen) atoms. The molecule has 0 aliphatic rings. The van der Waals surface area contributed by atoms with Gasteiger partial charge in [0.2, 0.25) is 0 Å². The third-order valence-corrected chi connectivity index (χ3v) is 2.65. The monoisotopic (exact) mass is 229 g/mol. The molecule has 0 spiro atoms. The van der Waals surface area contributed by atoms with Crippen molar-refractivity contribution in [3.8, 4) is 0 Å². The summed E-state index contributed by atoms with van der Waals surface area (Å²) in [6, 6.07) is 0.129. The van der Waals surface area contributed by atoms with E-state index in [1.165, 1.54) is 0 Å². The van der Waals surface area contributed by atoms with Gasteiger partial charge >= 0.3 is 6.09 Å². The van der Waals surface area contributed by atoms with Crippen LogP contribution in [0.3, 0.4) is 0 Å². The Kier molecular flexibility index (Phi) is 7.18. The van der Waals surface area contributed by atoms with E-state index in [2.05, 4.69) is 33.0 Å². The van der Waals surface area contributed by atoms with Crippen molar-refractivity contribution in [2.45, 2.75) is 66.5 Å². The van der Waals surface area contributed by atoms with Crippen LogP contribution in [0.4, 0.5) is 4.79 Å². The van der Waals surface area contributed by atoms with Gasteiger partial charge < -0.3 is 10.1 Å². The first-order valence-corrected chi connectivity index (χ1v) is 6.33. The molecular formula is C13H27NO2. The van der Waals surface area contributed by atoms with Crippen LogP contribution in [0.25, 0.3) is 0 Å². The van der Waals surface area contributed by atoms with E-state index in [-0.39, 0.29) is 18.2 Å². The summed E-state index contributed by atoms with van der Waals surface area (Å²) in [5, 5.41) is 2.76. The zero-order valence-corrected chi connectivity index (χ0v) is 11.5. The Labute approximate surface area is 99.9 Å². The second kappa shape index (κ2) is 7.53. The quantitative estimate of drug-likeness (QED) is 0.756. The highest BCUT2D eigenvalue weighted by atomic mass is 16.6. The minimum Gasteiger partial charge on any atom is -0.446 e. The Balaban J connectivity index is 4.25. The number of hydrogen-bond donors (Lipinski definition) is 1. The minimum absolute atomic E-state index is 0.0312. The second-order valence-electron chi connectivity index (χ2n) is 5.26. The SMILES string of the molecule is CCC(C)C(CC(C)C)OC(=O)NC(C)C. The molecule has 0 aliphatic heterocycles. The molecule has 0 aliphatic carbocycles. The van der Waals surface area contributed by atoms with Crippen molar-refractivity contribution in [2.24, 2.45) is 11.8 Å². The van der Waals surface area contributed by atoms with E-state index in [1.54, 1.807) is 0 Å². The summed E-state index contributed by atoms with van der Waals surface area (Å²) in [6.45, 7) is 12.4. The highest BCUT2D eigenvalue weighted by molar-refractivity contribution is 5.67. The summed E-state index contributed by atoms with van der Waals surface area (Å²) in [6.07, 6.45) is 1.71. The largest absolute Gasteiger partial charge is 0.446 e. The molecule has 0 aromatic rings. The normalized spacial score (nSPS) is 15.0. The van der Waals surface area contributed by atoms with Crippen molar-refractivity contribution in [3.63, 3.8) is 0 Å². The Morgan fingerprint density at radius 3 is 2.12 bits per heavy atom. The maximum absolute atomic E-state index is 11.5. The molecule has 2 atom stereocenters. The second-order valence-corrected chi connectivity index (χ2v) is 5.26. The lowest BCUT2D eigenvalue weighted by atomic mass is 9.94. The first-order valence-electron chi connectivity index (χ1n) is 6.33. The fourth-order valence-corrected chi connectivity index (χ4v) is 1.53. The molecule has 0 aromatic heterocycles. The van der Waals surface area contributed by atoms with Crippen LogP contribution in [0.1, 0.15) is 54.4 Å². The molecule has 0 fully saturated rings. The number of alkyl carbamates (subject to hydrolysis) is 1. The number of hydrogen-bond acceptors (Lipinski definition) is 2. The fraction of sp³-hybridized carbons (Fsp3) is 0.923. The van der Waals surface area contributed by atoms with Gasteiger partial charge in [-0.05, 0) is 32.1 Å². The number of amides is 1. The standard InChI is InChI=1S/C13H27NO2/c1-7-11(6)12(8-9(2)3)16-13(15)14-10(4)5/h9-12H,7-8H2,1-6H3,(H,14,15). The average Bonchev–Trinajstić information content (AvgIpc) is 2.13. The van der Waals surface area contributed by atoms with Gasteiger partial charge in [0.1, 0.15) is 6.10 Å². The zero-order valence-electron chi connectivity index (χ0n) is 11.5. The van der Waals surface area contributed by atoms with Crippen LogP contribution >= 0.6 is 0 Å². The first kappa shape index (κ1) is 15.3. The zero-order chi connectivity index (χ0) is 12.7. The third kappa shape index (κ3) is 6.70. The van der Waals surface area contributed by atoms with Gasteiger partial charge in [0.15, 0.2) is 0 Å². The number of carbonyl (C=O) groups is 1. The van der Waals surface area contributed by atoms with Gasteiger partial charge in [0, 0.05) is 6.04 Å². The van der Waals surface area contributed by atoms with Crippen LogP contribution < -0.4 is 5.32 Å². The summed E-state index contributed by atoms with van der Waals surface area (Å²) in [5.41, 5.74) is 0. The van der Waals surface area contributed by atoms with Gasteiger partial charge in [-0.2, -0.15) is 0 Å². The summed E-state index contributed by atoms with van der Waals surface area (Å²) >= 11 is 0. The number of carbonyl (C=O) groups excluding carboxylic acids is 1. The lowest BCUT2D eigenvalue weighted by Gasteiger charge is -2.25. The number of ether oxygens (including phenoxy) is 1. The van der Waals surface area contributed by atoms with Gasteiger partial charge in [-0.25, -0.2) is 4.79 Å². The number of nitrogens with one attached hydrogen (secondary N) is 1. The minimum atomic E-state index is -0.291. The van der Waals surface area contributed by atoms with E-state index in [9.17, 15) is 4.79 Å². The highest BCUT2D eigenvalue weighted by Gasteiger charge is 2.21. The van der Waals surface area contributed by atoms with Crippen molar-refractivity contribution < 1.29 is 9.53 Å². The van der Waals surface area contributed by atoms with Crippen molar-refractivity contribution in [3.05, 3.63) is 0 Å². The smallest absolute Gasteiger partial charge is 0.407 e. The lowest BCUT2D eigenvalue weighted by Crippen LogP contribution is -2.36. The van der Waals surface area contributed by atoms with Gasteiger partial charge in [0.25, 0.3) is 0 Å². The van der Waals surface area contributed by atoms with Gasteiger partial charge in [-0.1, -0.05) is 34.1 Å². The molecular weight excluding hydrogens is 202 g/mol. The third-order valence-electron chi connectivity index (χ3n) is 2.65. The van der Waals surface area contributed by atoms with Gasteiger partial charge in [-0.3, -0.25) is 0 Å². The summed E-state index contributed by atoms with van der Waals surface area (Å²) in [4.78, 5) is 11.5. The van der Waals surface area contributed by atoms with Crippen LogP contribution in [-0.4, -0.2) is 18.2 Å². The fourth-order valence-electron chi connectivity index (χ4n) is 1.53. The Morgan fingerprint density at radius 1 is 1.19 bits per heavy atom. The molecule has 0 rings (SSSR count). The Hall–Kier alpha value is -0.730. The molecule has 0 bridgehead atoms. The van der Waals surface area contributed by atoms with E-state index in [0.717, 1.165) is 12.8 Å². The molecule has 1 amide bonds. The predicted molar refractivity (Wildman–Crippen MR) is 67.5 cm³/mol. The summed E-state index contributed by atoms with van der Waals surface area (Å²) < 4.78 is 5.47. The Bertz CT molecular complexity index is 202. The maximum atomic E-state index is 11.5. The lowest BCUT2D eigenvalue weighted by molar-refractivity contribution is 0.0507. The topological polar surface area (TPSA) is 38.3 Å². The molecule has 0 saturated carbocycles. The van der Waals surface area contributed by atoms with Crippen LogP contribution in [0.15, 0.2) is 0 Å². The van der Waals surface area contributed by atoms with Crippen molar-refractivity contribution in [2.75, 3.05) is 0 Å². The van der Waals surface area contributed by atoms with Crippen LogP contribution in [0.5, 0.6) is 0 Å². The van der Waals surface area contributed by atoms with E-state index in [4.69, 9.17) is 4.74 Å². The highest BCUT2D eigenvalue weighted by Crippen LogP contribution is 2.19. The average molecular weight is 229 g/mol. The number of rotatable bonds is 6. The molecule has 0 heterocycles. The molecule has 1 N–H and O–H groups in total. The van der Waals surface area contributed by atoms with Crippen molar-refractivity contribution in [1.82, 2.24) is 5.32 Å². The van der Waals surface area contributed by atoms with Crippen LogP contribution in [0, 0.1) is 11.8 Å². The molecule has 96 valence electrons. The summed E-state index contributed by atoms with van der Waals surface area (Å²) in [5.74, 6) is 0.964. The predicted octanol–water partition coefficient (Wildman–Crippen LogP) is 3.58. The van der Waals surface area contributed by atoms with Crippen LogP contribution in [0.2, 0.25) is 0 Å². The van der Waals surface area contributed by atoms with Gasteiger partial charge in [-0.15, -0.1) is 0 Å². The van der Waals surface area contributed by atoms with E-state index < -0.39 is 0 Å². The van der Waals surface area contributed by atoms with E-state index in [1.807, 2.05) is 13.8 Å². The Morgan fingerprint density at radius 2 is 1.75 bits per heavy atom. The first-order chi connectivity index (χ1) is 7.36. The molecule has 2 unspecified atom stereocenters.